The molecule has 0 radical (unpaired) electrons. The van der Waals surface area contributed by atoms with Crippen LogP contribution in [0.15, 0.2) is 42.6 Å². The van der Waals surface area contributed by atoms with Crippen LogP contribution in [0.4, 0.5) is 5.95 Å². The summed E-state index contributed by atoms with van der Waals surface area (Å²) in [4.78, 5) is 16.6. The van der Waals surface area contributed by atoms with Gasteiger partial charge in [-0.25, -0.2) is 0 Å². The van der Waals surface area contributed by atoms with E-state index in [-0.39, 0.29) is 5.91 Å². The van der Waals surface area contributed by atoms with Crippen molar-refractivity contribution in [1.29, 1.82) is 0 Å². The van der Waals surface area contributed by atoms with Gasteiger partial charge in [-0.15, -0.1) is 10.2 Å². The van der Waals surface area contributed by atoms with E-state index in [1.165, 1.54) is 0 Å². The van der Waals surface area contributed by atoms with Crippen LogP contribution in [0.2, 0.25) is 5.02 Å². The second-order valence-electron chi connectivity index (χ2n) is 6.22. The number of carbonyl (C=O) groups excluding carboxylic acids is 1. The quantitative estimate of drug-likeness (QED) is 0.709. The van der Waals surface area contributed by atoms with Crippen molar-refractivity contribution in [3.63, 3.8) is 0 Å². The fourth-order valence-corrected chi connectivity index (χ4v) is 3.22. The molecule has 1 fully saturated rings. The molecule has 7 heteroatoms. The van der Waals surface area contributed by atoms with E-state index in [0.717, 1.165) is 22.7 Å². The first-order valence-corrected chi connectivity index (χ1v) is 8.61. The van der Waals surface area contributed by atoms with E-state index in [1.54, 1.807) is 6.07 Å². The number of pyridine rings is 1. The van der Waals surface area contributed by atoms with Crippen molar-refractivity contribution in [1.82, 2.24) is 19.5 Å². The van der Waals surface area contributed by atoms with Crippen LogP contribution in [0.25, 0.3) is 5.65 Å². The first kappa shape index (κ1) is 15.9. The van der Waals surface area contributed by atoms with Crippen molar-refractivity contribution < 1.29 is 4.79 Å². The first-order valence-electron chi connectivity index (χ1n) is 8.23. The van der Waals surface area contributed by atoms with Gasteiger partial charge in [0.2, 0.25) is 5.95 Å². The number of hydrogen-bond donors (Lipinski definition) is 0. The molecule has 0 N–H and O–H groups in total. The molecule has 1 amide bonds. The van der Waals surface area contributed by atoms with E-state index >= 15 is 0 Å². The lowest BCUT2D eigenvalue weighted by Gasteiger charge is -2.34. The molecule has 0 spiro atoms. The Hall–Kier alpha value is -2.60. The van der Waals surface area contributed by atoms with Gasteiger partial charge in [0.25, 0.3) is 5.91 Å². The number of aryl methyl sites for hydroxylation is 1. The lowest BCUT2D eigenvalue weighted by Crippen LogP contribution is -2.49. The number of aromatic nitrogens is 3. The third-order valence-corrected chi connectivity index (χ3v) is 4.72. The lowest BCUT2D eigenvalue weighted by atomic mass is 10.1. The lowest BCUT2D eigenvalue weighted by molar-refractivity contribution is 0.0746. The van der Waals surface area contributed by atoms with E-state index in [0.29, 0.717) is 31.2 Å². The van der Waals surface area contributed by atoms with Gasteiger partial charge in [-0.3, -0.25) is 9.20 Å². The minimum atomic E-state index is 0.0776. The largest absolute Gasteiger partial charge is 0.337 e. The number of carbonyl (C=O) groups is 1. The monoisotopic (exact) mass is 355 g/mol. The molecule has 1 aliphatic rings. The van der Waals surface area contributed by atoms with Crippen molar-refractivity contribution in [2.75, 3.05) is 31.1 Å². The second-order valence-corrected chi connectivity index (χ2v) is 6.66. The number of nitrogens with zero attached hydrogens (tertiary/aromatic N) is 5. The van der Waals surface area contributed by atoms with E-state index < -0.39 is 0 Å². The zero-order valence-corrected chi connectivity index (χ0v) is 14.6. The molecule has 0 aliphatic carbocycles. The average molecular weight is 356 g/mol. The van der Waals surface area contributed by atoms with Gasteiger partial charge < -0.3 is 9.80 Å². The number of rotatable bonds is 2. The van der Waals surface area contributed by atoms with Crippen LogP contribution in [0.3, 0.4) is 0 Å². The summed E-state index contributed by atoms with van der Waals surface area (Å²) in [5.74, 6) is 0.841. The van der Waals surface area contributed by atoms with Crippen LogP contribution in [-0.4, -0.2) is 51.6 Å². The number of benzene rings is 1. The Bertz CT molecular complexity index is 913. The van der Waals surface area contributed by atoms with Crippen LogP contribution < -0.4 is 4.90 Å². The maximum atomic E-state index is 12.6. The normalized spacial score (nSPS) is 15.0. The molecular weight excluding hydrogens is 338 g/mol. The minimum Gasteiger partial charge on any atom is -0.337 e. The van der Waals surface area contributed by atoms with Crippen LogP contribution in [-0.2, 0) is 0 Å². The molecule has 1 aromatic carbocycles. The van der Waals surface area contributed by atoms with Gasteiger partial charge in [-0.2, -0.15) is 0 Å². The SMILES string of the molecule is Cc1ccc(C(=O)N2CCN(c3nnc4ccc(Cl)cn34)CC2)cc1. The van der Waals surface area contributed by atoms with Crippen molar-refractivity contribution in [2.45, 2.75) is 6.92 Å². The molecule has 128 valence electrons. The standard InChI is InChI=1S/C18H18ClN5O/c1-13-2-4-14(5-3-13)17(25)22-8-10-23(11-9-22)18-21-20-16-7-6-15(19)12-24(16)18/h2-7,12H,8-11H2,1H3. The molecule has 25 heavy (non-hydrogen) atoms. The molecule has 4 rings (SSSR count). The molecule has 0 bridgehead atoms. The number of piperazine rings is 1. The summed E-state index contributed by atoms with van der Waals surface area (Å²) in [5, 5.41) is 9.09. The second kappa shape index (κ2) is 6.37. The summed E-state index contributed by atoms with van der Waals surface area (Å²) in [7, 11) is 0. The van der Waals surface area contributed by atoms with Crippen molar-refractivity contribution in [2.24, 2.45) is 0 Å². The summed E-state index contributed by atoms with van der Waals surface area (Å²) in [6.07, 6.45) is 1.82. The molecule has 3 heterocycles. The predicted molar refractivity (Wildman–Crippen MR) is 97.3 cm³/mol. The Morgan fingerprint density at radius 2 is 1.72 bits per heavy atom. The van der Waals surface area contributed by atoms with Gasteiger partial charge in [0.15, 0.2) is 5.65 Å². The Balaban J connectivity index is 1.48. The first-order chi connectivity index (χ1) is 12.1. The molecule has 0 unspecified atom stereocenters. The van der Waals surface area contributed by atoms with Crippen molar-refractivity contribution in [3.05, 3.63) is 58.7 Å². The fraction of sp³-hybridized carbons (Fsp3) is 0.278. The molecule has 0 saturated carbocycles. The Morgan fingerprint density at radius 1 is 1.00 bits per heavy atom. The topological polar surface area (TPSA) is 53.7 Å². The van der Waals surface area contributed by atoms with Crippen LogP contribution in [0.5, 0.6) is 0 Å². The maximum absolute atomic E-state index is 12.6. The van der Waals surface area contributed by atoms with Gasteiger partial charge in [-0.1, -0.05) is 29.3 Å². The van der Waals surface area contributed by atoms with E-state index in [4.69, 9.17) is 11.6 Å². The number of anilines is 1. The van der Waals surface area contributed by atoms with Crippen LogP contribution in [0.1, 0.15) is 15.9 Å². The molecule has 1 aliphatic heterocycles. The maximum Gasteiger partial charge on any atom is 0.253 e. The highest BCUT2D eigenvalue weighted by atomic mass is 35.5. The molecule has 6 nitrogen and oxygen atoms in total. The summed E-state index contributed by atoms with van der Waals surface area (Å²) < 4.78 is 1.89. The summed E-state index contributed by atoms with van der Waals surface area (Å²) >= 11 is 6.08. The smallest absolute Gasteiger partial charge is 0.253 e. The third kappa shape index (κ3) is 3.05. The summed E-state index contributed by atoms with van der Waals surface area (Å²) in [6.45, 7) is 4.75. The molecule has 2 aromatic heterocycles. The number of amides is 1. The predicted octanol–water partition coefficient (Wildman–Crippen LogP) is 2.65. The highest BCUT2D eigenvalue weighted by Crippen LogP contribution is 2.19. The Labute approximate surface area is 150 Å². The van der Waals surface area contributed by atoms with Crippen molar-refractivity contribution in [3.8, 4) is 0 Å². The van der Waals surface area contributed by atoms with Crippen molar-refractivity contribution >= 4 is 29.1 Å². The number of halogens is 1. The third-order valence-electron chi connectivity index (χ3n) is 4.50. The molecular formula is C18H18ClN5O. The van der Waals surface area contributed by atoms with Gasteiger partial charge in [0, 0.05) is 37.9 Å². The van der Waals surface area contributed by atoms with E-state index in [9.17, 15) is 4.79 Å². The molecule has 3 aromatic rings. The Kier molecular flexibility index (Phi) is 4.05. The average Bonchev–Trinajstić information content (AvgIpc) is 3.05. The summed E-state index contributed by atoms with van der Waals surface area (Å²) in [5.41, 5.74) is 2.65. The van der Waals surface area contributed by atoms with E-state index in [1.807, 2.05) is 52.8 Å². The van der Waals surface area contributed by atoms with Crippen LogP contribution in [0, 0.1) is 6.92 Å². The zero-order valence-electron chi connectivity index (χ0n) is 13.9. The van der Waals surface area contributed by atoms with Gasteiger partial charge in [0.05, 0.1) is 5.02 Å². The fourth-order valence-electron chi connectivity index (χ4n) is 3.06. The van der Waals surface area contributed by atoms with E-state index in [2.05, 4.69) is 15.1 Å². The van der Waals surface area contributed by atoms with Gasteiger partial charge >= 0.3 is 0 Å². The highest BCUT2D eigenvalue weighted by Gasteiger charge is 2.24. The zero-order chi connectivity index (χ0) is 17.4. The Morgan fingerprint density at radius 3 is 2.44 bits per heavy atom. The summed E-state index contributed by atoms with van der Waals surface area (Å²) in [6, 6.07) is 11.4. The van der Waals surface area contributed by atoms with Crippen LogP contribution >= 0.6 is 11.6 Å². The molecule has 0 atom stereocenters. The number of hydrogen-bond acceptors (Lipinski definition) is 4. The number of fused-ring (bicyclic) bond motifs is 1. The van der Waals surface area contributed by atoms with Gasteiger partial charge in [0.1, 0.15) is 0 Å². The highest BCUT2D eigenvalue weighted by molar-refractivity contribution is 6.30. The minimum absolute atomic E-state index is 0.0776. The molecule has 1 saturated heterocycles. The van der Waals surface area contributed by atoms with Gasteiger partial charge in [-0.05, 0) is 31.2 Å².